The molecule has 0 heterocycles. The summed E-state index contributed by atoms with van der Waals surface area (Å²) < 4.78 is 38.3. The van der Waals surface area contributed by atoms with E-state index in [9.17, 15) is 18.0 Å². The number of halogens is 3. The van der Waals surface area contributed by atoms with Crippen LogP contribution in [0.4, 0.5) is 18.9 Å². The summed E-state index contributed by atoms with van der Waals surface area (Å²) in [5.41, 5.74) is 5.35. The quantitative estimate of drug-likeness (QED) is 0.742. The Labute approximate surface area is 108 Å². The van der Waals surface area contributed by atoms with Gasteiger partial charge in [-0.05, 0) is 31.0 Å². The molecule has 106 valence electrons. The molecule has 7 heteroatoms. The Balaban J connectivity index is 2.84. The zero-order valence-electron chi connectivity index (χ0n) is 10.1. The largest absolute Gasteiger partial charge is 0.408 e. The van der Waals surface area contributed by atoms with Crippen molar-refractivity contribution in [1.29, 1.82) is 0 Å². The fourth-order valence-electron chi connectivity index (χ4n) is 1.58. The number of hydrogen-bond donors (Lipinski definition) is 3. The first kappa shape index (κ1) is 15.3. The van der Waals surface area contributed by atoms with Crippen LogP contribution >= 0.6 is 0 Å². The smallest absolute Gasteiger partial charge is 0.396 e. The average molecular weight is 276 g/mol. The van der Waals surface area contributed by atoms with Gasteiger partial charge in [0.05, 0.1) is 0 Å². The second-order valence-corrected chi connectivity index (χ2v) is 4.05. The van der Waals surface area contributed by atoms with Crippen molar-refractivity contribution in [2.24, 2.45) is 5.73 Å². The summed E-state index contributed by atoms with van der Waals surface area (Å²) in [6.45, 7) is -0.310. The third kappa shape index (κ3) is 4.78. The molecule has 1 aromatic rings. The molecular weight excluding hydrogens is 261 g/mol. The van der Waals surface area contributed by atoms with Gasteiger partial charge in [-0.1, -0.05) is 6.07 Å². The SMILES string of the molecule is NC(=O)c1cccc(NC(CCCO)C(F)(F)F)c1. The number of carbonyl (C=O) groups excluding carboxylic acids is 1. The molecule has 1 amide bonds. The van der Waals surface area contributed by atoms with E-state index in [-0.39, 0.29) is 30.7 Å². The molecule has 0 spiro atoms. The Morgan fingerprint density at radius 2 is 2.11 bits per heavy atom. The number of aliphatic hydroxyl groups excluding tert-OH is 1. The molecule has 0 aliphatic rings. The van der Waals surface area contributed by atoms with Crippen LogP contribution in [-0.4, -0.2) is 29.8 Å². The highest BCUT2D eigenvalue weighted by Gasteiger charge is 2.39. The standard InChI is InChI=1S/C12H15F3N2O2/c13-12(14,15)10(5-2-6-18)17-9-4-1-3-8(7-9)11(16)19/h1,3-4,7,10,17-18H,2,5-6H2,(H2,16,19). The summed E-state index contributed by atoms with van der Waals surface area (Å²) in [7, 11) is 0. The van der Waals surface area contributed by atoms with Crippen molar-refractivity contribution in [3.8, 4) is 0 Å². The maximum absolute atomic E-state index is 12.8. The fraction of sp³-hybridized carbons (Fsp3) is 0.417. The number of benzene rings is 1. The van der Waals surface area contributed by atoms with Gasteiger partial charge in [0.15, 0.2) is 0 Å². The summed E-state index contributed by atoms with van der Waals surface area (Å²) in [6.07, 6.45) is -4.65. The molecule has 0 aliphatic heterocycles. The Morgan fingerprint density at radius 3 is 2.63 bits per heavy atom. The van der Waals surface area contributed by atoms with Crippen molar-refractivity contribution in [3.05, 3.63) is 29.8 Å². The normalized spacial score (nSPS) is 13.1. The van der Waals surface area contributed by atoms with Crippen LogP contribution in [0.5, 0.6) is 0 Å². The minimum absolute atomic E-state index is 0.0344. The zero-order valence-corrected chi connectivity index (χ0v) is 10.1. The first-order valence-electron chi connectivity index (χ1n) is 5.68. The van der Waals surface area contributed by atoms with E-state index in [4.69, 9.17) is 10.8 Å². The van der Waals surface area contributed by atoms with E-state index in [0.717, 1.165) is 0 Å². The van der Waals surface area contributed by atoms with E-state index in [1.54, 1.807) is 0 Å². The number of carbonyl (C=O) groups is 1. The molecular formula is C12H15F3N2O2. The summed E-state index contributed by atoms with van der Waals surface area (Å²) in [6, 6.07) is 3.78. The van der Waals surface area contributed by atoms with Gasteiger partial charge in [0.2, 0.25) is 5.91 Å². The Morgan fingerprint density at radius 1 is 1.42 bits per heavy atom. The second-order valence-electron chi connectivity index (χ2n) is 4.05. The molecule has 0 aliphatic carbocycles. The van der Waals surface area contributed by atoms with Gasteiger partial charge in [-0.15, -0.1) is 0 Å². The van der Waals surface area contributed by atoms with Crippen molar-refractivity contribution >= 4 is 11.6 Å². The van der Waals surface area contributed by atoms with E-state index in [0.29, 0.717) is 0 Å². The van der Waals surface area contributed by atoms with Crippen LogP contribution in [0, 0.1) is 0 Å². The molecule has 0 saturated heterocycles. The highest BCUT2D eigenvalue weighted by atomic mass is 19.4. The maximum atomic E-state index is 12.8. The van der Waals surface area contributed by atoms with Crippen molar-refractivity contribution in [3.63, 3.8) is 0 Å². The van der Waals surface area contributed by atoms with Crippen LogP contribution in [0.25, 0.3) is 0 Å². The molecule has 1 rings (SSSR count). The number of anilines is 1. The van der Waals surface area contributed by atoms with Gasteiger partial charge in [0.25, 0.3) is 0 Å². The molecule has 4 N–H and O–H groups in total. The van der Waals surface area contributed by atoms with Crippen LogP contribution in [0.3, 0.4) is 0 Å². The van der Waals surface area contributed by atoms with E-state index in [1.165, 1.54) is 24.3 Å². The highest BCUT2D eigenvalue weighted by molar-refractivity contribution is 5.93. The van der Waals surface area contributed by atoms with Gasteiger partial charge in [0, 0.05) is 17.9 Å². The first-order chi connectivity index (χ1) is 8.84. The number of aliphatic hydroxyl groups is 1. The lowest BCUT2D eigenvalue weighted by Gasteiger charge is -2.22. The van der Waals surface area contributed by atoms with Crippen LogP contribution in [0.2, 0.25) is 0 Å². The Hall–Kier alpha value is -1.76. The average Bonchev–Trinajstić information content (AvgIpc) is 2.33. The van der Waals surface area contributed by atoms with Gasteiger partial charge in [-0.3, -0.25) is 4.79 Å². The number of amides is 1. The third-order valence-electron chi connectivity index (χ3n) is 2.53. The minimum Gasteiger partial charge on any atom is -0.396 e. The van der Waals surface area contributed by atoms with E-state index < -0.39 is 18.1 Å². The molecule has 1 unspecified atom stereocenters. The van der Waals surface area contributed by atoms with Crippen molar-refractivity contribution in [2.75, 3.05) is 11.9 Å². The molecule has 19 heavy (non-hydrogen) atoms. The van der Waals surface area contributed by atoms with Gasteiger partial charge in [-0.25, -0.2) is 0 Å². The minimum atomic E-state index is -4.43. The number of hydrogen-bond acceptors (Lipinski definition) is 3. The summed E-state index contributed by atoms with van der Waals surface area (Å²) >= 11 is 0. The Kier molecular flexibility index (Phi) is 5.17. The number of alkyl halides is 3. The predicted octanol–water partition coefficient (Wildman–Crippen LogP) is 1.90. The monoisotopic (exact) mass is 276 g/mol. The fourth-order valence-corrected chi connectivity index (χ4v) is 1.58. The molecule has 0 aromatic heterocycles. The van der Waals surface area contributed by atoms with Crippen molar-refractivity contribution < 1.29 is 23.1 Å². The lowest BCUT2D eigenvalue weighted by Crippen LogP contribution is -2.36. The molecule has 1 aromatic carbocycles. The molecule has 0 bridgehead atoms. The molecule has 0 fully saturated rings. The number of primary amides is 1. The highest BCUT2D eigenvalue weighted by Crippen LogP contribution is 2.27. The molecule has 4 nitrogen and oxygen atoms in total. The lowest BCUT2D eigenvalue weighted by molar-refractivity contribution is -0.144. The molecule has 1 atom stereocenters. The molecule has 0 saturated carbocycles. The van der Waals surface area contributed by atoms with Gasteiger partial charge in [0.1, 0.15) is 6.04 Å². The molecule has 0 radical (unpaired) electrons. The topological polar surface area (TPSA) is 75.4 Å². The van der Waals surface area contributed by atoms with E-state index in [1.807, 2.05) is 0 Å². The summed E-state index contributed by atoms with van der Waals surface area (Å²) in [5.74, 6) is -0.706. The van der Waals surface area contributed by atoms with Crippen LogP contribution in [-0.2, 0) is 0 Å². The van der Waals surface area contributed by atoms with E-state index in [2.05, 4.69) is 5.32 Å². The number of nitrogens with one attached hydrogen (secondary N) is 1. The van der Waals surface area contributed by atoms with E-state index >= 15 is 0 Å². The van der Waals surface area contributed by atoms with Crippen molar-refractivity contribution in [2.45, 2.75) is 25.1 Å². The maximum Gasteiger partial charge on any atom is 0.408 e. The van der Waals surface area contributed by atoms with Crippen LogP contribution in [0.15, 0.2) is 24.3 Å². The van der Waals surface area contributed by atoms with Crippen LogP contribution in [0.1, 0.15) is 23.2 Å². The van der Waals surface area contributed by atoms with Crippen LogP contribution < -0.4 is 11.1 Å². The summed E-state index contributed by atoms with van der Waals surface area (Å²) in [4.78, 5) is 10.9. The van der Waals surface area contributed by atoms with Gasteiger partial charge >= 0.3 is 6.18 Å². The third-order valence-corrected chi connectivity index (χ3v) is 2.53. The number of nitrogens with two attached hydrogens (primary N) is 1. The summed E-state index contributed by atoms with van der Waals surface area (Å²) in [5, 5.41) is 10.9. The van der Waals surface area contributed by atoms with Gasteiger partial charge < -0.3 is 16.2 Å². The second kappa shape index (κ2) is 6.42. The predicted molar refractivity (Wildman–Crippen MR) is 64.7 cm³/mol. The Bertz CT molecular complexity index is 435. The van der Waals surface area contributed by atoms with Gasteiger partial charge in [-0.2, -0.15) is 13.2 Å². The lowest BCUT2D eigenvalue weighted by atomic mass is 10.1. The first-order valence-corrected chi connectivity index (χ1v) is 5.68. The zero-order chi connectivity index (χ0) is 14.5. The van der Waals surface area contributed by atoms with Crippen molar-refractivity contribution in [1.82, 2.24) is 0 Å². The number of rotatable bonds is 6.